The molecule has 122 valence electrons. The first kappa shape index (κ1) is 17.2. The van der Waals surface area contributed by atoms with Gasteiger partial charge in [-0.1, -0.05) is 11.6 Å². The minimum absolute atomic E-state index is 0.0623. The zero-order valence-electron chi connectivity index (χ0n) is 12.2. The van der Waals surface area contributed by atoms with Crippen molar-refractivity contribution < 1.29 is 22.7 Å². The van der Waals surface area contributed by atoms with Gasteiger partial charge in [0.15, 0.2) is 0 Å². The first-order valence-corrected chi connectivity index (χ1v) is 8.28. The first-order chi connectivity index (χ1) is 10.6. The van der Waals surface area contributed by atoms with Crippen LogP contribution in [0.1, 0.15) is 21.5 Å². The Morgan fingerprint density at radius 3 is 2.43 bits per heavy atom. The third-order valence-corrected chi connectivity index (χ3v) is 5.11. The standard InChI is InChI=1S/C15H13ClFNO4S/c1-8-5-10(15(19)20)6-14(9(8)2)23(21,22)18-11-3-4-13(17)12(16)7-11/h3-7,18H,1-2H3,(H,19,20)/p-1. The number of aromatic carboxylic acids is 1. The fraction of sp³-hybridized carbons (Fsp3) is 0.133. The predicted octanol–water partition coefficient (Wildman–Crippen LogP) is 2.26. The number of hydrogen-bond acceptors (Lipinski definition) is 4. The molecule has 1 N–H and O–H groups in total. The second-order valence-electron chi connectivity index (χ2n) is 4.94. The van der Waals surface area contributed by atoms with Gasteiger partial charge in [-0.25, -0.2) is 12.8 Å². The van der Waals surface area contributed by atoms with E-state index in [2.05, 4.69) is 4.72 Å². The summed E-state index contributed by atoms with van der Waals surface area (Å²) in [4.78, 5) is 10.8. The van der Waals surface area contributed by atoms with Crippen LogP contribution in [-0.2, 0) is 10.0 Å². The second kappa shape index (κ2) is 6.17. The monoisotopic (exact) mass is 356 g/mol. The lowest BCUT2D eigenvalue weighted by Gasteiger charge is -2.15. The average molecular weight is 357 g/mol. The molecule has 2 aromatic rings. The summed E-state index contributed by atoms with van der Waals surface area (Å²) in [6.07, 6.45) is 0. The Labute approximate surface area is 137 Å². The van der Waals surface area contributed by atoms with Crippen molar-refractivity contribution in [2.45, 2.75) is 18.7 Å². The van der Waals surface area contributed by atoms with E-state index in [1.165, 1.54) is 12.1 Å². The molecule has 0 atom stereocenters. The Bertz CT molecular complexity index is 897. The van der Waals surface area contributed by atoms with Crippen LogP contribution in [0.3, 0.4) is 0 Å². The molecule has 0 unspecified atom stereocenters. The average Bonchev–Trinajstić information content (AvgIpc) is 2.45. The lowest BCUT2D eigenvalue weighted by atomic mass is 10.1. The summed E-state index contributed by atoms with van der Waals surface area (Å²) in [6, 6.07) is 5.71. The first-order valence-electron chi connectivity index (χ1n) is 6.42. The molecule has 0 heterocycles. The second-order valence-corrected chi connectivity index (χ2v) is 7.00. The number of halogens is 2. The zero-order valence-corrected chi connectivity index (χ0v) is 13.8. The third-order valence-electron chi connectivity index (χ3n) is 3.32. The number of rotatable bonds is 4. The lowest BCUT2D eigenvalue weighted by molar-refractivity contribution is -0.255. The highest BCUT2D eigenvalue weighted by molar-refractivity contribution is 7.92. The van der Waals surface area contributed by atoms with Crippen molar-refractivity contribution in [2.75, 3.05) is 4.72 Å². The number of carbonyl (C=O) groups excluding carboxylic acids is 1. The smallest absolute Gasteiger partial charge is 0.262 e. The topological polar surface area (TPSA) is 86.3 Å². The fourth-order valence-electron chi connectivity index (χ4n) is 1.99. The van der Waals surface area contributed by atoms with Crippen LogP contribution in [0.5, 0.6) is 0 Å². The van der Waals surface area contributed by atoms with Gasteiger partial charge in [-0.15, -0.1) is 0 Å². The van der Waals surface area contributed by atoms with E-state index in [4.69, 9.17) is 11.6 Å². The maximum atomic E-state index is 13.1. The van der Waals surface area contributed by atoms with E-state index in [0.29, 0.717) is 11.1 Å². The number of nitrogens with one attached hydrogen (secondary N) is 1. The molecule has 0 aliphatic carbocycles. The molecule has 0 saturated carbocycles. The van der Waals surface area contributed by atoms with Crippen molar-refractivity contribution in [3.8, 4) is 0 Å². The van der Waals surface area contributed by atoms with Crippen LogP contribution in [0, 0.1) is 19.7 Å². The van der Waals surface area contributed by atoms with Crippen molar-refractivity contribution in [3.05, 3.63) is 57.9 Å². The Kier molecular flexibility index (Phi) is 4.63. The van der Waals surface area contributed by atoms with Gasteiger partial charge in [-0.05, 0) is 60.9 Å². The number of carbonyl (C=O) groups is 1. The highest BCUT2D eigenvalue weighted by Crippen LogP contribution is 2.25. The highest BCUT2D eigenvalue weighted by Gasteiger charge is 2.20. The summed E-state index contributed by atoms with van der Waals surface area (Å²) in [6.45, 7) is 3.15. The fourth-order valence-corrected chi connectivity index (χ4v) is 3.57. The Hall–Kier alpha value is -2.12. The summed E-state index contributed by atoms with van der Waals surface area (Å²) in [5, 5.41) is 10.8. The van der Waals surface area contributed by atoms with E-state index >= 15 is 0 Å². The van der Waals surface area contributed by atoms with Crippen LogP contribution < -0.4 is 9.83 Å². The van der Waals surface area contributed by atoms with Gasteiger partial charge < -0.3 is 9.90 Å². The molecule has 0 amide bonds. The van der Waals surface area contributed by atoms with Gasteiger partial charge in [-0.3, -0.25) is 4.72 Å². The van der Waals surface area contributed by atoms with E-state index in [-0.39, 0.29) is 21.2 Å². The number of carboxylic acid groups (broad SMARTS) is 1. The van der Waals surface area contributed by atoms with Crippen LogP contribution in [-0.4, -0.2) is 14.4 Å². The van der Waals surface area contributed by atoms with Crippen molar-refractivity contribution in [3.63, 3.8) is 0 Å². The predicted molar refractivity (Wildman–Crippen MR) is 82.5 cm³/mol. The molecule has 0 spiro atoms. The van der Waals surface area contributed by atoms with Crippen molar-refractivity contribution in [2.24, 2.45) is 0 Å². The molecule has 0 aromatic heterocycles. The van der Waals surface area contributed by atoms with Crippen molar-refractivity contribution in [1.82, 2.24) is 0 Å². The maximum absolute atomic E-state index is 13.1. The molecular weight excluding hydrogens is 345 g/mol. The maximum Gasteiger partial charge on any atom is 0.262 e. The molecule has 0 fully saturated rings. The Morgan fingerprint density at radius 2 is 1.87 bits per heavy atom. The van der Waals surface area contributed by atoms with Crippen molar-refractivity contribution >= 4 is 33.3 Å². The number of hydrogen-bond donors (Lipinski definition) is 1. The normalized spacial score (nSPS) is 11.3. The molecule has 8 heteroatoms. The van der Waals surface area contributed by atoms with E-state index in [1.54, 1.807) is 13.8 Å². The van der Waals surface area contributed by atoms with Crippen LogP contribution in [0.4, 0.5) is 10.1 Å². The van der Waals surface area contributed by atoms with Gasteiger partial charge in [0, 0.05) is 0 Å². The van der Waals surface area contributed by atoms with Gasteiger partial charge in [0.2, 0.25) is 0 Å². The summed E-state index contributed by atoms with van der Waals surface area (Å²) in [7, 11) is -4.07. The minimum atomic E-state index is -4.07. The van der Waals surface area contributed by atoms with Gasteiger partial charge in [0.1, 0.15) is 5.82 Å². The molecular formula is C15H12ClFNO4S-. The van der Waals surface area contributed by atoms with Crippen LogP contribution >= 0.6 is 11.6 Å². The molecule has 23 heavy (non-hydrogen) atoms. The van der Waals surface area contributed by atoms with Crippen LogP contribution in [0.15, 0.2) is 35.2 Å². The van der Waals surface area contributed by atoms with Crippen molar-refractivity contribution in [1.29, 1.82) is 0 Å². The zero-order chi connectivity index (χ0) is 17.4. The van der Waals surface area contributed by atoms with Gasteiger partial charge in [0.25, 0.3) is 10.0 Å². The molecule has 0 aliphatic rings. The van der Waals surface area contributed by atoms with E-state index in [9.17, 15) is 22.7 Å². The minimum Gasteiger partial charge on any atom is -0.545 e. The van der Waals surface area contributed by atoms with Crippen LogP contribution in [0.25, 0.3) is 0 Å². The third kappa shape index (κ3) is 3.62. The van der Waals surface area contributed by atoms with Gasteiger partial charge in [-0.2, -0.15) is 0 Å². The summed E-state index contributed by atoms with van der Waals surface area (Å²) >= 11 is 5.62. The number of sulfonamides is 1. The summed E-state index contributed by atoms with van der Waals surface area (Å²) < 4.78 is 40.3. The van der Waals surface area contributed by atoms with E-state index < -0.39 is 21.8 Å². The summed E-state index contributed by atoms with van der Waals surface area (Å²) in [5.74, 6) is -2.16. The Morgan fingerprint density at radius 1 is 1.22 bits per heavy atom. The number of benzene rings is 2. The number of aryl methyl sites for hydroxylation is 1. The highest BCUT2D eigenvalue weighted by atomic mass is 35.5. The van der Waals surface area contributed by atoms with Crippen LogP contribution in [0.2, 0.25) is 5.02 Å². The quantitative estimate of drug-likeness (QED) is 0.910. The lowest BCUT2D eigenvalue weighted by Crippen LogP contribution is -2.23. The largest absolute Gasteiger partial charge is 0.545 e. The SMILES string of the molecule is Cc1cc(C(=O)[O-])cc(S(=O)(=O)Nc2ccc(F)c(Cl)c2)c1C. The van der Waals surface area contributed by atoms with Gasteiger partial charge in [0.05, 0.1) is 21.6 Å². The molecule has 0 bridgehead atoms. The molecule has 0 aliphatic heterocycles. The molecule has 0 radical (unpaired) electrons. The molecule has 5 nitrogen and oxygen atoms in total. The van der Waals surface area contributed by atoms with E-state index in [0.717, 1.165) is 18.2 Å². The van der Waals surface area contributed by atoms with Gasteiger partial charge >= 0.3 is 0 Å². The molecule has 2 aromatic carbocycles. The van der Waals surface area contributed by atoms with E-state index in [1.807, 2.05) is 0 Å². The molecule has 2 rings (SSSR count). The number of carboxylic acids is 1. The number of anilines is 1. The summed E-state index contributed by atoms with van der Waals surface area (Å²) in [5.41, 5.74) is 0.706. The molecule has 0 saturated heterocycles. The Balaban J connectivity index is 2.51.